The van der Waals surface area contributed by atoms with E-state index in [2.05, 4.69) is 15.0 Å². The van der Waals surface area contributed by atoms with Gasteiger partial charge in [-0.3, -0.25) is 9.36 Å². The van der Waals surface area contributed by atoms with Crippen LogP contribution in [0.1, 0.15) is 23.1 Å². The molecule has 0 fully saturated rings. The van der Waals surface area contributed by atoms with Gasteiger partial charge in [0.2, 0.25) is 0 Å². The van der Waals surface area contributed by atoms with Crippen LogP contribution in [0.25, 0.3) is 16.9 Å². The first-order valence-corrected chi connectivity index (χ1v) is 6.42. The molecule has 0 saturated carbocycles. The number of rotatable bonds is 2. The van der Waals surface area contributed by atoms with E-state index in [9.17, 15) is 4.79 Å². The van der Waals surface area contributed by atoms with Crippen LogP contribution in [0.15, 0.2) is 30.6 Å². The maximum absolute atomic E-state index is 11.3. The van der Waals surface area contributed by atoms with Crippen molar-refractivity contribution >= 4 is 28.5 Å². The number of nitrogens with zero attached hydrogens (tertiary/aromatic N) is 4. The van der Waals surface area contributed by atoms with E-state index in [0.717, 1.165) is 5.69 Å². The first-order chi connectivity index (χ1) is 9.56. The molecule has 0 aliphatic rings. The second-order valence-electron chi connectivity index (χ2n) is 4.45. The Balaban J connectivity index is 2.17. The van der Waals surface area contributed by atoms with E-state index in [4.69, 9.17) is 11.6 Å². The highest BCUT2D eigenvalue weighted by molar-refractivity contribution is 6.33. The fourth-order valence-corrected chi connectivity index (χ4v) is 2.27. The summed E-state index contributed by atoms with van der Waals surface area (Å²) in [7, 11) is 0. The number of aromatic nitrogens is 4. The molecule has 20 heavy (non-hydrogen) atoms. The number of Topliss-reactive ketones (excluding diaryl/α,β-unsaturated/α-hetero) is 1. The van der Waals surface area contributed by atoms with Gasteiger partial charge in [-0.05, 0) is 38.1 Å². The smallest absolute Gasteiger partial charge is 0.169 e. The summed E-state index contributed by atoms with van der Waals surface area (Å²) in [5.41, 5.74) is 2.75. The molecule has 5 nitrogen and oxygen atoms in total. The van der Waals surface area contributed by atoms with Crippen LogP contribution in [0.5, 0.6) is 0 Å². The van der Waals surface area contributed by atoms with Gasteiger partial charge in [0.05, 0.1) is 0 Å². The molecule has 0 spiro atoms. The monoisotopic (exact) mass is 286 g/mol. The maximum atomic E-state index is 11.3. The number of imidazole rings is 1. The SMILES string of the molecule is CC(=O)c1ccc(-n2cnc3c(Cl)nc(C)nc32)cc1. The van der Waals surface area contributed by atoms with Gasteiger partial charge in [-0.1, -0.05) is 11.6 Å². The third-order valence-corrected chi connectivity index (χ3v) is 3.28. The lowest BCUT2D eigenvalue weighted by Crippen LogP contribution is -1.98. The molecule has 2 heterocycles. The quantitative estimate of drug-likeness (QED) is 0.537. The molecule has 0 bridgehead atoms. The number of hydrogen-bond acceptors (Lipinski definition) is 4. The molecule has 0 atom stereocenters. The Bertz CT molecular complexity index is 808. The molecule has 0 saturated heterocycles. The highest BCUT2D eigenvalue weighted by Gasteiger charge is 2.11. The summed E-state index contributed by atoms with van der Waals surface area (Å²) in [4.78, 5) is 24.0. The number of halogens is 1. The van der Waals surface area contributed by atoms with E-state index in [1.54, 1.807) is 25.4 Å². The summed E-state index contributed by atoms with van der Waals surface area (Å²) in [6.45, 7) is 3.32. The fraction of sp³-hybridized carbons (Fsp3) is 0.143. The highest BCUT2D eigenvalue weighted by atomic mass is 35.5. The molecule has 2 aromatic heterocycles. The van der Waals surface area contributed by atoms with E-state index < -0.39 is 0 Å². The molecule has 6 heteroatoms. The zero-order chi connectivity index (χ0) is 14.3. The van der Waals surface area contributed by atoms with Gasteiger partial charge in [0.1, 0.15) is 17.7 Å². The number of aryl methyl sites for hydroxylation is 1. The number of fused-ring (bicyclic) bond motifs is 1. The van der Waals surface area contributed by atoms with Crippen LogP contribution in [0.4, 0.5) is 0 Å². The second kappa shape index (κ2) is 4.68. The fourth-order valence-electron chi connectivity index (χ4n) is 2.01. The standard InChI is InChI=1S/C14H11ClN4O/c1-8(20)10-3-5-11(6-4-10)19-7-16-12-13(15)17-9(2)18-14(12)19/h3-7H,1-2H3. The summed E-state index contributed by atoms with van der Waals surface area (Å²) in [6.07, 6.45) is 1.65. The normalized spacial score (nSPS) is 10.9. The maximum Gasteiger partial charge on any atom is 0.169 e. The van der Waals surface area contributed by atoms with Crippen molar-refractivity contribution in [2.45, 2.75) is 13.8 Å². The lowest BCUT2D eigenvalue weighted by atomic mass is 10.1. The first kappa shape index (κ1) is 12.7. The summed E-state index contributed by atoms with van der Waals surface area (Å²) >= 11 is 6.06. The lowest BCUT2D eigenvalue weighted by Gasteiger charge is -2.05. The molecule has 0 unspecified atom stereocenters. The van der Waals surface area contributed by atoms with E-state index in [1.165, 1.54) is 6.92 Å². The molecular formula is C14H11ClN4O. The number of hydrogen-bond donors (Lipinski definition) is 0. The molecule has 0 radical (unpaired) electrons. The van der Waals surface area contributed by atoms with E-state index in [-0.39, 0.29) is 5.78 Å². The number of ketones is 1. The minimum Gasteiger partial charge on any atom is -0.295 e. The Kier molecular flexibility index (Phi) is 2.99. The largest absolute Gasteiger partial charge is 0.295 e. The Hall–Kier alpha value is -2.27. The van der Waals surface area contributed by atoms with Crippen LogP contribution in [-0.4, -0.2) is 25.3 Å². The predicted molar refractivity (Wildman–Crippen MR) is 76.4 cm³/mol. The Morgan fingerprint density at radius 2 is 1.90 bits per heavy atom. The third-order valence-electron chi connectivity index (χ3n) is 3.02. The molecule has 100 valence electrons. The van der Waals surface area contributed by atoms with Gasteiger partial charge in [-0.2, -0.15) is 0 Å². The highest BCUT2D eigenvalue weighted by Crippen LogP contribution is 2.22. The van der Waals surface area contributed by atoms with Crippen molar-refractivity contribution in [1.29, 1.82) is 0 Å². The van der Waals surface area contributed by atoms with Crippen molar-refractivity contribution in [2.24, 2.45) is 0 Å². The Labute approximate surface area is 120 Å². The van der Waals surface area contributed by atoms with Gasteiger partial charge in [-0.15, -0.1) is 0 Å². The second-order valence-corrected chi connectivity index (χ2v) is 4.81. The van der Waals surface area contributed by atoms with Crippen molar-refractivity contribution in [1.82, 2.24) is 19.5 Å². The molecule has 1 aromatic carbocycles. The Morgan fingerprint density at radius 1 is 1.20 bits per heavy atom. The molecule has 0 N–H and O–H groups in total. The lowest BCUT2D eigenvalue weighted by molar-refractivity contribution is 0.101. The average Bonchev–Trinajstić information content (AvgIpc) is 2.82. The minimum absolute atomic E-state index is 0.0354. The number of benzene rings is 1. The topological polar surface area (TPSA) is 60.7 Å². The van der Waals surface area contributed by atoms with Gasteiger partial charge in [0, 0.05) is 11.3 Å². The molecule has 0 amide bonds. The van der Waals surface area contributed by atoms with E-state index in [0.29, 0.717) is 27.7 Å². The van der Waals surface area contributed by atoms with Crippen molar-refractivity contribution in [2.75, 3.05) is 0 Å². The van der Waals surface area contributed by atoms with Crippen LogP contribution in [0.2, 0.25) is 5.15 Å². The average molecular weight is 287 g/mol. The molecule has 3 aromatic rings. The van der Waals surface area contributed by atoms with Crippen molar-refractivity contribution in [3.8, 4) is 5.69 Å². The first-order valence-electron chi connectivity index (χ1n) is 6.05. The van der Waals surface area contributed by atoms with Crippen molar-refractivity contribution < 1.29 is 4.79 Å². The van der Waals surface area contributed by atoms with Crippen LogP contribution in [-0.2, 0) is 0 Å². The zero-order valence-corrected chi connectivity index (χ0v) is 11.7. The van der Waals surface area contributed by atoms with Crippen molar-refractivity contribution in [3.05, 3.63) is 47.1 Å². The van der Waals surface area contributed by atoms with Crippen LogP contribution in [0, 0.1) is 6.92 Å². The van der Waals surface area contributed by atoms with Crippen LogP contribution in [0.3, 0.4) is 0 Å². The number of carbonyl (C=O) groups is 1. The molecule has 3 rings (SSSR count). The summed E-state index contributed by atoms with van der Waals surface area (Å²) in [6, 6.07) is 7.25. The number of carbonyl (C=O) groups excluding carboxylic acids is 1. The van der Waals surface area contributed by atoms with Crippen LogP contribution < -0.4 is 0 Å². The van der Waals surface area contributed by atoms with Gasteiger partial charge in [0.25, 0.3) is 0 Å². The van der Waals surface area contributed by atoms with E-state index in [1.807, 2.05) is 16.7 Å². The van der Waals surface area contributed by atoms with Gasteiger partial charge in [-0.25, -0.2) is 15.0 Å². The van der Waals surface area contributed by atoms with Gasteiger partial charge < -0.3 is 0 Å². The summed E-state index contributed by atoms with van der Waals surface area (Å²) in [5.74, 6) is 0.623. The van der Waals surface area contributed by atoms with Gasteiger partial charge in [0.15, 0.2) is 16.6 Å². The van der Waals surface area contributed by atoms with Crippen LogP contribution >= 0.6 is 11.6 Å². The molecule has 0 aliphatic carbocycles. The van der Waals surface area contributed by atoms with Gasteiger partial charge >= 0.3 is 0 Å². The minimum atomic E-state index is 0.0354. The predicted octanol–water partition coefficient (Wildman–Crippen LogP) is 2.98. The molecule has 0 aliphatic heterocycles. The Morgan fingerprint density at radius 3 is 2.55 bits per heavy atom. The third kappa shape index (κ3) is 2.06. The van der Waals surface area contributed by atoms with Crippen molar-refractivity contribution in [3.63, 3.8) is 0 Å². The van der Waals surface area contributed by atoms with E-state index >= 15 is 0 Å². The summed E-state index contributed by atoms with van der Waals surface area (Å²) in [5, 5.41) is 0.339. The summed E-state index contributed by atoms with van der Waals surface area (Å²) < 4.78 is 1.82. The molecular weight excluding hydrogens is 276 g/mol. The zero-order valence-electron chi connectivity index (χ0n) is 11.0.